The van der Waals surface area contributed by atoms with Gasteiger partial charge in [0.25, 0.3) is 0 Å². The van der Waals surface area contributed by atoms with Crippen molar-refractivity contribution < 1.29 is 4.79 Å². The van der Waals surface area contributed by atoms with E-state index in [0.717, 1.165) is 42.9 Å². The van der Waals surface area contributed by atoms with E-state index >= 15 is 0 Å². The van der Waals surface area contributed by atoms with Crippen LogP contribution in [0.2, 0.25) is 0 Å². The van der Waals surface area contributed by atoms with Crippen LogP contribution in [-0.2, 0) is 4.79 Å². The third kappa shape index (κ3) is 4.36. The first kappa shape index (κ1) is 13.5. The molecule has 1 fully saturated rings. The van der Waals surface area contributed by atoms with Gasteiger partial charge in [-0.15, -0.1) is 0 Å². The summed E-state index contributed by atoms with van der Waals surface area (Å²) in [6, 6.07) is 1.84. The number of hydrogen-bond acceptors (Lipinski definition) is 4. The molecule has 0 unspecified atom stereocenters. The van der Waals surface area contributed by atoms with Gasteiger partial charge in [-0.2, -0.15) is 0 Å². The van der Waals surface area contributed by atoms with E-state index in [1.54, 1.807) is 12.4 Å². The maximum atomic E-state index is 11.8. The van der Waals surface area contributed by atoms with Gasteiger partial charge in [0.15, 0.2) is 0 Å². The standard InChI is InChI=1S/C12H17BrN4O/c13-10-7-11(9-15-8-10)16-12(18)1-4-17-5-2-14-3-6-17/h7-9,14H,1-6H2,(H,16,18). The van der Waals surface area contributed by atoms with Crippen molar-refractivity contribution in [3.63, 3.8) is 0 Å². The number of pyridine rings is 1. The zero-order valence-corrected chi connectivity index (χ0v) is 11.7. The Morgan fingerprint density at radius 2 is 2.22 bits per heavy atom. The lowest BCUT2D eigenvalue weighted by molar-refractivity contribution is -0.116. The minimum Gasteiger partial charge on any atom is -0.325 e. The lowest BCUT2D eigenvalue weighted by Gasteiger charge is -2.26. The van der Waals surface area contributed by atoms with Gasteiger partial charge in [0.05, 0.1) is 11.9 Å². The lowest BCUT2D eigenvalue weighted by Crippen LogP contribution is -2.44. The van der Waals surface area contributed by atoms with E-state index in [1.165, 1.54) is 0 Å². The molecule has 0 radical (unpaired) electrons. The van der Waals surface area contributed by atoms with Crippen LogP contribution in [0.4, 0.5) is 5.69 Å². The summed E-state index contributed by atoms with van der Waals surface area (Å²) < 4.78 is 0.863. The zero-order valence-electron chi connectivity index (χ0n) is 10.2. The highest BCUT2D eigenvalue weighted by Crippen LogP contribution is 2.13. The molecule has 0 bridgehead atoms. The second-order valence-electron chi connectivity index (χ2n) is 4.28. The molecule has 0 aromatic carbocycles. The van der Waals surface area contributed by atoms with Crippen molar-refractivity contribution in [2.75, 3.05) is 38.0 Å². The second-order valence-corrected chi connectivity index (χ2v) is 5.20. The summed E-state index contributed by atoms with van der Waals surface area (Å²) in [6.07, 6.45) is 3.86. The number of hydrogen-bond donors (Lipinski definition) is 2. The lowest BCUT2D eigenvalue weighted by atomic mass is 10.3. The number of halogens is 1. The quantitative estimate of drug-likeness (QED) is 0.873. The molecule has 0 spiro atoms. The monoisotopic (exact) mass is 312 g/mol. The van der Waals surface area contributed by atoms with Crippen molar-refractivity contribution in [1.29, 1.82) is 0 Å². The molecule has 0 aliphatic carbocycles. The van der Waals surface area contributed by atoms with E-state index in [-0.39, 0.29) is 5.91 Å². The summed E-state index contributed by atoms with van der Waals surface area (Å²) in [5, 5.41) is 6.14. The van der Waals surface area contributed by atoms with Crippen LogP contribution in [0.3, 0.4) is 0 Å². The highest BCUT2D eigenvalue weighted by atomic mass is 79.9. The molecule has 2 rings (SSSR count). The molecule has 5 nitrogen and oxygen atoms in total. The Balaban J connectivity index is 1.74. The van der Waals surface area contributed by atoms with Crippen LogP contribution in [-0.4, -0.2) is 48.5 Å². The van der Waals surface area contributed by atoms with Gasteiger partial charge in [-0.05, 0) is 22.0 Å². The van der Waals surface area contributed by atoms with E-state index in [9.17, 15) is 4.79 Å². The molecular weight excluding hydrogens is 296 g/mol. The minimum atomic E-state index is 0.0356. The van der Waals surface area contributed by atoms with Gasteiger partial charge in [0.2, 0.25) is 5.91 Å². The van der Waals surface area contributed by atoms with Crippen LogP contribution >= 0.6 is 15.9 Å². The molecule has 2 heterocycles. The van der Waals surface area contributed by atoms with Crippen molar-refractivity contribution in [1.82, 2.24) is 15.2 Å². The van der Waals surface area contributed by atoms with Crippen LogP contribution in [0.15, 0.2) is 22.9 Å². The Labute approximate surface area is 115 Å². The highest BCUT2D eigenvalue weighted by Gasteiger charge is 2.11. The number of carbonyl (C=O) groups is 1. The van der Waals surface area contributed by atoms with Crippen molar-refractivity contribution in [3.05, 3.63) is 22.9 Å². The molecule has 0 saturated carbocycles. The topological polar surface area (TPSA) is 57.3 Å². The first-order valence-corrected chi connectivity index (χ1v) is 6.87. The second kappa shape index (κ2) is 6.82. The van der Waals surface area contributed by atoms with Crippen LogP contribution in [0.1, 0.15) is 6.42 Å². The summed E-state index contributed by atoms with van der Waals surface area (Å²) in [5.74, 6) is 0.0356. The molecule has 6 heteroatoms. The number of nitrogens with zero attached hydrogens (tertiary/aromatic N) is 2. The fourth-order valence-corrected chi connectivity index (χ4v) is 2.26. The number of piperazine rings is 1. The van der Waals surface area contributed by atoms with E-state index < -0.39 is 0 Å². The SMILES string of the molecule is O=C(CCN1CCNCC1)Nc1cncc(Br)c1. The van der Waals surface area contributed by atoms with Gasteiger partial charge >= 0.3 is 0 Å². The van der Waals surface area contributed by atoms with Crippen LogP contribution in [0, 0.1) is 0 Å². The molecule has 1 saturated heterocycles. The summed E-state index contributed by atoms with van der Waals surface area (Å²) in [5.41, 5.74) is 0.731. The summed E-state index contributed by atoms with van der Waals surface area (Å²) in [6.45, 7) is 4.88. The van der Waals surface area contributed by atoms with Crippen LogP contribution < -0.4 is 10.6 Å². The molecule has 1 amide bonds. The summed E-state index contributed by atoms with van der Waals surface area (Å²) in [7, 11) is 0. The Morgan fingerprint density at radius 1 is 1.44 bits per heavy atom. The normalized spacial score (nSPS) is 16.5. The molecule has 2 N–H and O–H groups in total. The van der Waals surface area contributed by atoms with Crippen molar-refractivity contribution >= 4 is 27.5 Å². The smallest absolute Gasteiger partial charge is 0.225 e. The Kier molecular flexibility index (Phi) is 5.10. The molecule has 1 aromatic rings. The summed E-state index contributed by atoms with van der Waals surface area (Å²) in [4.78, 5) is 18.1. The number of anilines is 1. The average Bonchev–Trinajstić information content (AvgIpc) is 2.38. The fourth-order valence-electron chi connectivity index (χ4n) is 1.90. The predicted molar refractivity (Wildman–Crippen MR) is 74.5 cm³/mol. The molecule has 1 aliphatic heterocycles. The van der Waals surface area contributed by atoms with E-state index in [1.807, 2.05) is 6.07 Å². The maximum Gasteiger partial charge on any atom is 0.225 e. The van der Waals surface area contributed by atoms with Crippen LogP contribution in [0.5, 0.6) is 0 Å². The number of nitrogens with one attached hydrogen (secondary N) is 2. The van der Waals surface area contributed by atoms with Crippen molar-refractivity contribution in [2.45, 2.75) is 6.42 Å². The fraction of sp³-hybridized carbons (Fsp3) is 0.500. The Morgan fingerprint density at radius 3 is 2.94 bits per heavy atom. The zero-order chi connectivity index (χ0) is 12.8. The molecule has 98 valence electrons. The maximum absolute atomic E-state index is 11.8. The average molecular weight is 313 g/mol. The van der Waals surface area contributed by atoms with Gasteiger partial charge in [0, 0.05) is 49.8 Å². The molecular formula is C12H17BrN4O. The van der Waals surface area contributed by atoms with E-state index in [0.29, 0.717) is 6.42 Å². The third-order valence-electron chi connectivity index (χ3n) is 2.85. The molecule has 0 atom stereocenters. The van der Waals surface area contributed by atoms with Gasteiger partial charge < -0.3 is 15.5 Å². The highest BCUT2D eigenvalue weighted by molar-refractivity contribution is 9.10. The number of aromatic nitrogens is 1. The van der Waals surface area contributed by atoms with E-state index in [2.05, 4.69) is 36.4 Å². The van der Waals surface area contributed by atoms with Crippen molar-refractivity contribution in [2.24, 2.45) is 0 Å². The number of carbonyl (C=O) groups excluding carboxylic acids is 1. The first-order valence-electron chi connectivity index (χ1n) is 6.07. The number of rotatable bonds is 4. The van der Waals surface area contributed by atoms with Gasteiger partial charge in [-0.3, -0.25) is 9.78 Å². The predicted octanol–water partition coefficient (Wildman–Crippen LogP) is 1.08. The summed E-state index contributed by atoms with van der Waals surface area (Å²) >= 11 is 3.32. The Bertz CT molecular complexity index is 407. The minimum absolute atomic E-state index is 0.0356. The van der Waals surface area contributed by atoms with Crippen molar-refractivity contribution in [3.8, 4) is 0 Å². The largest absolute Gasteiger partial charge is 0.325 e. The van der Waals surface area contributed by atoms with E-state index in [4.69, 9.17) is 0 Å². The molecule has 1 aromatic heterocycles. The molecule has 1 aliphatic rings. The van der Waals surface area contributed by atoms with Gasteiger partial charge in [-0.25, -0.2) is 0 Å². The van der Waals surface area contributed by atoms with Gasteiger partial charge in [-0.1, -0.05) is 0 Å². The first-order chi connectivity index (χ1) is 8.74. The van der Waals surface area contributed by atoms with Crippen LogP contribution in [0.25, 0.3) is 0 Å². The molecule has 18 heavy (non-hydrogen) atoms. The third-order valence-corrected chi connectivity index (χ3v) is 3.29. The number of amides is 1. The Hall–Kier alpha value is -0.980. The van der Waals surface area contributed by atoms with Gasteiger partial charge in [0.1, 0.15) is 0 Å².